The molecular weight excluding hydrogens is 302 g/mol. The predicted octanol–water partition coefficient (Wildman–Crippen LogP) is 1.46. The minimum Gasteiger partial charge on any atom is -0.378 e. The fourth-order valence-electron chi connectivity index (χ4n) is 4.06. The molecule has 0 amide bonds. The van der Waals surface area contributed by atoms with Crippen LogP contribution in [0.15, 0.2) is 0 Å². The fourth-order valence-corrected chi connectivity index (χ4v) is 4.06. The molecule has 2 saturated heterocycles. The highest BCUT2D eigenvalue weighted by molar-refractivity contribution is 5.52. The number of piperazine rings is 1. The van der Waals surface area contributed by atoms with E-state index in [1.807, 2.05) is 19.0 Å². The molecule has 0 N–H and O–H groups in total. The molecule has 1 aromatic rings. The molecule has 6 nitrogen and oxygen atoms in total. The number of morpholine rings is 1. The molecule has 0 bridgehead atoms. The number of fused-ring (bicyclic) bond motifs is 1. The molecule has 3 heterocycles. The lowest BCUT2D eigenvalue weighted by molar-refractivity contribution is -0.0603. The smallest absolute Gasteiger partial charge is 0.227 e. The molecule has 3 fully saturated rings. The summed E-state index contributed by atoms with van der Waals surface area (Å²) in [6.45, 7) is 9.17. The van der Waals surface area contributed by atoms with Crippen LogP contribution in [-0.4, -0.2) is 73.9 Å². The lowest BCUT2D eigenvalue weighted by Gasteiger charge is -2.48. The summed E-state index contributed by atoms with van der Waals surface area (Å²) in [6.07, 6.45) is 2.77. The molecule has 0 radical (unpaired) electrons. The quantitative estimate of drug-likeness (QED) is 0.835. The number of ether oxygens (including phenoxy) is 1. The van der Waals surface area contributed by atoms with Crippen LogP contribution < -0.4 is 9.80 Å². The van der Waals surface area contributed by atoms with Gasteiger partial charge in [-0.2, -0.15) is 4.98 Å². The van der Waals surface area contributed by atoms with Crippen LogP contribution in [0, 0.1) is 19.8 Å². The summed E-state index contributed by atoms with van der Waals surface area (Å²) in [4.78, 5) is 16.6. The maximum absolute atomic E-state index is 5.94. The Hall–Kier alpha value is -1.40. The summed E-state index contributed by atoms with van der Waals surface area (Å²) < 4.78 is 5.94. The van der Waals surface area contributed by atoms with Gasteiger partial charge < -0.3 is 14.5 Å². The van der Waals surface area contributed by atoms with E-state index in [-0.39, 0.29) is 0 Å². The highest BCUT2D eigenvalue weighted by Crippen LogP contribution is 2.38. The Balaban J connectivity index is 1.56. The van der Waals surface area contributed by atoms with Crippen LogP contribution in [0.2, 0.25) is 0 Å². The van der Waals surface area contributed by atoms with Gasteiger partial charge in [-0.05, 0) is 32.6 Å². The minimum absolute atomic E-state index is 0.496. The average Bonchev–Trinajstić information content (AvgIpc) is 3.41. The molecule has 4 rings (SSSR count). The van der Waals surface area contributed by atoms with Gasteiger partial charge in [-0.3, -0.25) is 4.90 Å². The Labute approximate surface area is 144 Å². The topological polar surface area (TPSA) is 44.7 Å². The molecule has 0 spiro atoms. The van der Waals surface area contributed by atoms with Crippen molar-refractivity contribution in [1.82, 2.24) is 14.9 Å². The highest BCUT2D eigenvalue weighted by atomic mass is 16.5. The molecule has 1 aliphatic carbocycles. The number of aryl methyl sites for hydroxylation is 1. The zero-order valence-corrected chi connectivity index (χ0v) is 15.3. The lowest BCUT2D eigenvalue weighted by atomic mass is 10.0. The molecule has 1 saturated carbocycles. The minimum atomic E-state index is 0.496. The Morgan fingerprint density at radius 1 is 1.08 bits per heavy atom. The van der Waals surface area contributed by atoms with Crippen molar-refractivity contribution in [2.75, 3.05) is 56.7 Å². The summed E-state index contributed by atoms with van der Waals surface area (Å²) in [6, 6.07) is 1.15. The molecule has 2 atom stereocenters. The van der Waals surface area contributed by atoms with E-state index in [0.29, 0.717) is 12.1 Å². The van der Waals surface area contributed by atoms with Crippen LogP contribution in [0.5, 0.6) is 0 Å². The van der Waals surface area contributed by atoms with Gasteiger partial charge in [-0.25, -0.2) is 4.98 Å². The van der Waals surface area contributed by atoms with E-state index in [1.54, 1.807) is 0 Å². The van der Waals surface area contributed by atoms with Crippen LogP contribution in [-0.2, 0) is 4.74 Å². The van der Waals surface area contributed by atoms with Crippen molar-refractivity contribution in [1.29, 1.82) is 0 Å². The standard InChI is InChI=1S/C18H29N5O/c1-12-13(2)19-18(21(3)4)20-17(12)22-7-8-23-15(9-22)10-24-11-16(23)14-5-6-14/h14-16H,5-11H2,1-4H3/t15-,16-/m1/s1. The number of aromatic nitrogens is 2. The SMILES string of the molecule is Cc1nc(N(C)C)nc(N2CCN3[C@@H](COC[C@@H]3C3CC3)C2)c1C. The van der Waals surface area contributed by atoms with Gasteiger partial charge in [0.2, 0.25) is 5.95 Å². The highest BCUT2D eigenvalue weighted by Gasteiger charge is 2.43. The molecular formula is C18H29N5O. The van der Waals surface area contributed by atoms with E-state index in [2.05, 4.69) is 28.6 Å². The number of rotatable bonds is 3. The van der Waals surface area contributed by atoms with Gasteiger partial charge in [0, 0.05) is 51.0 Å². The van der Waals surface area contributed by atoms with Gasteiger partial charge in [0.05, 0.1) is 19.3 Å². The Morgan fingerprint density at radius 3 is 2.58 bits per heavy atom. The first kappa shape index (κ1) is 16.1. The molecule has 2 aliphatic heterocycles. The third-order valence-electron chi connectivity index (χ3n) is 5.77. The second-order valence-corrected chi connectivity index (χ2v) is 7.73. The van der Waals surface area contributed by atoms with E-state index in [9.17, 15) is 0 Å². The first-order valence-electron chi connectivity index (χ1n) is 9.15. The number of hydrogen-bond donors (Lipinski definition) is 0. The van der Waals surface area contributed by atoms with Crippen molar-refractivity contribution in [3.05, 3.63) is 11.3 Å². The largest absolute Gasteiger partial charge is 0.378 e. The van der Waals surface area contributed by atoms with Crippen molar-refractivity contribution < 1.29 is 4.74 Å². The second-order valence-electron chi connectivity index (χ2n) is 7.73. The van der Waals surface area contributed by atoms with E-state index in [4.69, 9.17) is 9.72 Å². The normalized spacial score (nSPS) is 27.9. The van der Waals surface area contributed by atoms with Crippen LogP contribution in [0.25, 0.3) is 0 Å². The average molecular weight is 331 g/mol. The Bertz CT molecular complexity index is 616. The van der Waals surface area contributed by atoms with Crippen LogP contribution in [0.3, 0.4) is 0 Å². The first-order chi connectivity index (χ1) is 11.5. The van der Waals surface area contributed by atoms with Crippen LogP contribution >= 0.6 is 0 Å². The van der Waals surface area contributed by atoms with Crippen molar-refractivity contribution in [3.63, 3.8) is 0 Å². The maximum atomic E-state index is 5.94. The first-order valence-corrected chi connectivity index (χ1v) is 9.15. The monoisotopic (exact) mass is 331 g/mol. The molecule has 0 unspecified atom stereocenters. The molecule has 132 valence electrons. The Kier molecular flexibility index (Phi) is 4.12. The fraction of sp³-hybridized carbons (Fsp3) is 0.778. The van der Waals surface area contributed by atoms with E-state index in [1.165, 1.54) is 18.4 Å². The van der Waals surface area contributed by atoms with Gasteiger partial charge >= 0.3 is 0 Å². The van der Waals surface area contributed by atoms with E-state index >= 15 is 0 Å². The summed E-state index contributed by atoms with van der Waals surface area (Å²) in [7, 11) is 4.00. The summed E-state index contributed by atoms with van der Waals surface area (Å²) in [5.74, 6) is 2.77. The third-order valence-corrected chi connectivity index (χ3v) is 5.77. The zero-order chi connectivity index (χ0) is 16.8. The second kappa shape index (κ2) is 6.15. The molecule has 6 heteroatoms. The van der Waals surface area contributed by atoms with Crippen LogP contribution in [0.1, 0.15) is 24.1 Å². The van der Waals surface area contributed by atoms with Crippen molar-refractivity contribution in [3.8, 4) is 0 Å². The summed E-state index contributed by atoms with van der Waals surface area (Å²) in [5.41, 5.74) is 2.27. The van der Waals surface area contributed by atoms with Gasteiger partial charge in [-0.1, -0.05) is 0 Å². The number of hydrogen-bond acceptors (Lipinski definition) is 6. The summed E-state index contributed by atoms with van der Waals surface area (Å²) in [5, 5.41) is 0. The number of anilines is 2. The molecule has 0 aromatic carbocycles. The molecule has 3 aliphatic rings. The predicted molar refractivity (Wildman–Crippen MR) is 95.9 cm³/mol. The summed E-state index contributed by atoms with van der Waals surface area (Å²) >= 11 is 0. The van der Waals surface area contributed by atoms with E-state index in [0.717, 1.165) is 56.2 Å². The van der Waals surface area contributed by atoms with Crippen molar-refractivity contribution >= 4 is 11.8 Å². The Morgan fingerprint density at radius 2 is 1.88 bits per heavy atom. The third kappa shape index (κ3) is 2.86. The molecule has 24 heavy (non-hydrogen) atoms. The van der Waals surface area contributed by atoms with Crippen LogP contribution in [0.4, 0.5) is 11.8 Å². The van der Waals surface area contributed by atoms with Crippen molar-refractivity contribution in [2.45, 2.75) is 38.8 Å². The maximum Gasteiger partial charge on any atom is 0.227 e. The van der Waals surface area contributed by atoms with Crippen molar-refractivity contribution in [2.24, 2.45) is 5.92 Å². The van der Waals surface area contributed by atoms with Gasteiger partial charge in [0.15, 0.2) is 0 Å². The lowest BCUT2D eigenvalue weighted by Crippen LogP contribution is -2.62. The number of nitrogens with zero attached hydrogens (tertiary/aromatic N) is 5. The van der Waals surface area contributed by atoms with Gasteiger partial charge in [0.25, 0.3) is 0 Å². The van der Waals surface area contributed by atoms with Gasteiger partial charge in [-0.15, -0.1) is 0 Å². The molecule has 1 aromatic heterocycles. The zero-order valence-electron chi connectivity index (χ0n) is 15.3. The van der Waals surface area contributed by atoms with E-state index < -0.39 is 0 Å². The van der Waals surface area contributed by atoms with Gasteiger partial charge in [0.1, 0.15) is 5.82 Å².